The first kappa shape index (κ1) is 9.36. The number of guanidine groups is 1. The highest BCUT2D eigenvalue weighted by atomic mass is 15.1. The molecule has 0 bridgehead atoms. The van der Waals surface area contributed by atoms with Gasteiger partial charge in [0, 0.05) is 13.6 Å². The van der Waals surface area contributed by atoms with Crippen molar-refractivity contribution in [3.05, 3.63) is 0 Å². The fourth-order valence-electron chi connectivity index (χ4n) is 1.46. The Morgan fingerprint density at radius 1 is 1.58 bits per heavy atom. The molecule has 3 nitrogen and oxygen atoms in total. The summed E-state index contributed by atoms with van der Waals surface area (Å²) in [4.78, 5) is 3.86. The summed E-state index contributed by atoms with van der Waals surface area (Å²) in [6, 6.07) is 0. The van der Waals surface area contributed by atoms with Gasteiger partial charge in [0.05, 0.1) is 0 Å². The molecule has 1 rings (SSSR count). The van der Waals surface area contributed by atoms with E-state index >= 15 is 0 Å². The van der Waals surface area contributed by atoms with Crippen LogP contribution in [0.2, 0.25) is 0 Å². The molecule has 0 spiro atoms. The van der Waals surface area contributed by atoms with Gasteiger partial charge < -0.3 is 11.1 Å². The Kier molecular flexibility index (Phi) is 2.60. The van der Waals surface area contributed by atoms with Gasteiger partial charge in [-0.3, -0.25) is 4.99 Å². The van der Waals surface area contributed by atoms with E-state index < -0.39 is 0 Å². The predicted octanol–water partition coefficient (Wildman–Crippen LogP) is 0.957. The summed E-state index contributed by atoms with van der Waals surface area (Å²) in [5.41, 5.74) is 6.06. The summed E-state index contributed by atoms with van der Waals surface area (Å²) in [5.74, 6) is 1.30. The van der Waals surface area contributed by atoms with Crippen molar-refractivity contribution in [2.75, 3.05) is 13.6 Å². The van der Waals surface area contributed by atoms with Crippen LogP contribution in [0, 0.1) is 11.3 Å². The van der Waals surface area contributed by atoms with Crippen LogP contribution >= 0.6 is 0 Å². The molecule has 0 aromatic carbocycles. The van der Waals surface area contributed by atoms with Gasteiger partial charge in [-0.1, -0.05) is 13.8 Å². The van der Waals surface area contributed by atoms with Gasteiger partial charge >= 0.3 is 0 Å². The van der Waals surface area contributed by atoms with E-state index in [1.165, 1.54) is 12.8 Å². The van der Waals surface area contributed by atoms with Gasteiger partial charge in [-0.15, -0.1) is 0 Å². The normalized spacial score (nSPS) is 21.2. The second kappa shape index (κ2) is 3.33. The van der Waals surface area contributed by atoms with Gasteiger partial charge in [0.15, 0.2) is 5.96 Å². The van der Waals surface area contributed by atoms with E-state index in [1.807, 2.05) is 0 Å². The highest BCUT2D eigenvalue weighted by molar-refractivity contribution is 5.77. The largest absolute Gasteiger partial charge is 0.370 e. The maximum Gasteiger partial charge on any atom is 0.188 e. The van der Waals surface area contributed by atoms with Gasteiger partial charge in [0.2, 0.25) is 0 Å². The number of hydrogen-bond donors (Lipinski definition) is 2. The highest BCUT2D eigenvalue weighted by Gasteiger charge is 2.44. The number of nitrogens with one attached hydrogen (secondary N) is 1. The molecule has 12 heavy (non-hydrogen) atoms. The number of hydrogen-bond acceptors (Lipinski definition) is 1. The van der Waals surface area contributed by atoms with Crippen LogP contribution in [0.5, 0.6) is 0 Å². The third-order valence-corrected chi connectivity index (χ3v) is 2.98. The minimum absolute atomic E-state index is 0.509. The lowest BCUT2D eigenvalue weighted by atomic mass is 9.92. The van der Waals surface area contributed by atoms with Crippen molar-refractivity contribution >= 4 is 5.96 Å². The number of rotatable bonds is 3. The standard InChI is InChI=1S/C9H19N3/c1-7(2)9(4-5-9)6-12-8(10)11-3/h7H,4-6H2,1-3H3,(H3,10,11,12). The molecule has 1 aliphatic rings. The first-order valence-electron chi connectivity index (χ1n) is 4.57. The van der Waals surface area contributed by atoms with E-state index in [0.717, 1.165) is 12.5 Å². The predicted molar refractivity (Wildman–Crippen MR) is 52.1 cm³/mol. The zero-order valence-electron chi connectivity index (χ0n) is 8.22. The molecular formula is C9H19N3. The molecule has 0 amide bonds. The van der Waals surface area contributed by atoms with Crippen LogP contribution < -0.4 is 11.1 Å². The molecule has 3 heteroatoms. The van der Waals surface area contributed by atoms with Crippen molar-refractivity contribution in [2.45, 2.75) is 26.7 Å². The lowest BCUT2D eigenvalue weighted by molar-refractivity contribution is 0.357. The van der Waals surface area contributed by atoms with Crippen molar-refractivity contribution in [1.82, 2.24) is 5.32 Å². The van der Waals surface area contributed by atoms with Crippen molar-refractivity contribution in [1.29, 1.82) is 0 Å². The molecule has 0 aliphatic heterocycles. The van der Waals surface area contributed by atoms with E-state index in [0.29, 0.717) is 11.4 Å². The second-order valence-electron chi connectivity index (χ2n) is 3.98. The second-order valence-corrected chi connectivity index (χ2v) is 3.98. The fraction of sp³-hybridized carbons (Fsp3) is 0.889. The Labute approximate surface area is 74.4 Å². The van der Waals surface area contributed by atoms with Gasteiger partial charge in [-0.2, -0.15) is 0 Å². The van der Waals surface area contributed by atoms with Crippen molar-refractivity contribution in [3.8, 4) is 0 Å². The van der Waals surface area contributed by atoms with E-state index in [9.17, 15) is 0 Å². The summed E-state index contributed by atoms with van der Waals surface area (Å²) in [6.07, 6.45) is 2.66. The molecule has 3 N–H and O–H groups in total. The average Bonchev–Trinajstić information content (AvgIpc) is 2.81. The Morgan fingerprint density at radius 2 is 2.17 bits per heavy atom. The monoisotopic (exact) mass is 169 g/mol. The van der Waals surface area contributed by atoms with Crippen LogP contribution in [0.4, 0.5) is 0 Å². The molecule has 0 atom stereocenters. The SMILES string of the molecule is CN=C(N)NCC1(C(C)C)CC1. The molecule has 0 aromatic rings. The first-order chi connectivity index (χ1) is 5.60. The minimum Gasteiger partial charge on any atom is -0.370 e. The molecule has 1 saturated carbocycles. The lowest BCUT2D eigenvalue weighted by Gasteiger charge is -2.19. The molecule has 1 aliphatic carbocycles. The Hall–Kier alpha value is -0.730. The van der Waals surface area contributed by atoms with Crippen LogP contribution in [0.3, 0.4) is 0 Å². The lowest BCUT2D eigenvalue weighted by Crippen LogP contribution is -2.37. The molecule has 0 radical (unpaired) electrons. The Morgan fingerprint density at radius 3 is 2.50 bits per heavy atom. The maximum absolute atomic E-state index is 5.55. The van der Waals surface area contributed by atoms with Gasteiger partial charge in [-0.05, 0) is 24.2 Å². The summed E-state index contributed by atoms with van der Waals surface area (Å²) < 4.78 is 0. The van der Waals surface area contributed by atoms with Gasteiger partial charge in [-0.25, -0.2) is 0 Å². The summed E-state index contributed by atoms with van der Waals surface area (Å²) >= 11 is 0. The average molecular weight is 169 g/mol. The Bertz CT molecular complexity index is 180. The van der Waals surface area contributed by atoms with Gasteiger partial charge in [0.25, 0.3) is 0 Å². The smallest absolute Gasteiger partial charge is 0.188 e. The van der Waals surface area contributed by atoms with E-state index in [2.05, 4.69) is 24.2 Å². The highest BCUT2D eigenvalue weighted by Crippen LogP contribution is 2.51. The molecule has 0 saturated heterocycles. The van der Waals surface area contributed by atoms with Crippen molar-refractivity contribution in [2.24, 2.45) is 22.1 Å². The summed E-state index contributed by atoms with van der Waals surface area (Å²) in [5, 5.41) is 3.14. The van der Waals surface area contributed by atoms with Crippen molar-refractivity contribution in [3.63, 3.8) is 0 Å². The number of nitrogens with two attached hydrogens (primary N) is 1. The van der Waals surface area contributed by atoms with Crippen LogP contribution in [0.1, 0.15) is 26.7 Å². The minimum atomic E-state index is 0.509. The summed E-state index contributed by atoms with van der Waals surface area (Å²) in [6.45, 7) is 5.52. The maximum atomic E-state index is 5.55. The summed E-state index contributed by atoms with van der Waals surface area (Å²) in [7, 11) is 1.71. The van der Waals surface area contributed by atoms with Crippen LogP contribution in [-0.4, -0.2) is 19.6 Å². The molecule has 0 unspecified atom stereocenters. The molecule has 0 heterocycles. The van der Waals surface area contributed by atoms with Crippen LogP contribution in [0.15, 0.2) is 4.99 Å². The van der Waals surface area contributed by atoms with E-state index in [-0.39, 0.29) is 0 Å². The Balaban J connectivity index is 2.32. The van der Waals surface area contributed by atoms with E-state index in [1.54, 1.807) is 7.05 Å². The van der Waals surface area contributed by atoms with E-state index in [4.69, 9.17) is 5.73 Å². The zero-order chi connectivity index (χ0) is 9.19. The zero-order valence-corrected chi connectivity index (χ0v) is 8.22. The van der Waals surface area contributed by atoms with Crippen molar-refractivity contribution < 1.29 is 0 Å². The molecule has 70 valence electrons. The first-order valence-corrected chi connectivity index (χ1v) is 4.57. The van der Waals surface area contributed by atoms with Crippen LogP contribution in [-0.2, 0) is 0 Å². The topological polar surface area (TPSA) is 50.4 Å². The molecule has 0 aromatic heterocycles. The number of aliphatic imine (C=N–C) groups is 1. The molecule has 1 fully saturated rings. The fourth-order valence-corrected chi connectivity index (χ4v) is 1.46. The number of nitrogens with zero attached hydrogens (tertiary/aromatic N) is 1. The molecular weight excluding hydrogens is 150 g/mol. The third-order valence-electron chi connectivity index (χ3n) is 2.98. The van der Waals surface area contributed by atoms with Crippen LogP contribution in [0.25, 0.3) is 0 Å². The van der Waals surface area contributed by atoms with Gasteiger partial charge in [0.1, 0.15) is 0 Å². The quantitative estimate of drug-likeness (QED) is 0.488. The third kappa shape index (κ3) is 1.90.